The Balaban J connectivity index is 1.59. The van der Waals surface area contributed by atoms with Crippen LogP contribution in [0.3, 0.4) is 0 Å². The predicted octanol–water partition coefficient (Wildman–Crippen LogP) is 3.39. The van der Waals surface area contributed by atoms with Crippen molar-refractivity contribution < 1.29 is 0 Å². The number of nitrogens with one attached hydrogen (secondary N) is 4. The Morgan fingerprint density at radius 3 is 2.72 bits per heavy atom. The van der Waals surface area contributed by atoms with Crippen molar-refractivity contribution in [2.75, 3.05) is 10.6 Å². The minimum Gasteiger partial charge on any atom is -0.350 e. The Kier molecular flexibility index (Phi) is 3.95. The van der Waals surface area contributed by atoms with E-state index in [4.69, 9.17) is 11.6 Å². The topological polar surface area (TPSA) is 107 Å². The molecule has 9 heteroatoms. The molecule has 3 heterocycles. The zero-order chi connectivity index (χ0) is 17.2. The third-order valence-corrected chi connectivity index (χ3v) is 3.88. The van der Waals surface area contributed by atoms with Crippen LogP contribution >= 0.6 is 11.6 Å². The minimum atomic E-state index is 0.487. The van der Waals surface area contributed by atoms with Crippen LogP contribution in [0.5, 0.6) is 0 Å². The first-order chi connectivity index (χ1) is 12.2. The van der Waals surface area contributed by atoms with Gasteiger partial charge in [0.1, 0.15) is 5.82 Å². The molecule has 4 rings (SSSR count). The fraction of sp³-hybridized carbons (Fsp3) is 0.125. The van der Waals surface area contributed by atoms with Crippen molar-refractivity contribution in [2.24, 2.45) is 0 Å². The molecule has 0 bridgehead atoms. The first kappa shape index (κ1) is 15.4. The second-order valence-electron chi connectivity index (χ2n) is 5.57. The number of aryl methyl sites for hydroxylation is 1. The number of benzene rings is 1. The first-order valence-corrected chi connectivity index (χ1v) is 8.03. The average Bonchev–Trinajstić information content (AvgIpc) is 3.23. The lowest BCUT2D eigenvalue weighted by Crippen LogP contribution is -2.06. The zero-order valence-electron chi connectivity index (χ0n) is 13.3. The molecule has 0 aliphatic rings. The number of hydrogen-bond acceptors (Lipinski definition) is 6. The molecule has 3 aromatic heterocycles. The SMILES string of the molecule is Cc1cc(Nc2nc(NCc3ccc(Cl)cc3)nc3[nH]ncc23)n[nH]1. The number of H-pyrrole nitrogens is 2. The Morgan fingerprint density at radius 1 is 1.12 bits per heavy atom. The molecule has 0 radical (unpaired) electrons. The molecule has 0 amide bonds. The van der Waals surface area contributed by atoms with Gasteiger partial charge in [0.15, 0.2) is 11.5 Å². The van der Waals surface area contributed by atoms with Crippen LogP contribution in [0.1, 0.15) is 11.3 Å². The second kappa shape index (κ2) is 6.40. The lowest BCUT2D eigenvalue weighted by Gasteiger charge is -2.08. The molecule has 4 N–H and O–H groups in total. The van der Waals surface area contributed by atoms with E-state index in [0.717, 1.165) is 16.6 Å². The average molecular weight is 355 g/mol. The predicted molar refractivity (Wildman–Crippen MR) is 97.1 cm³/mol. The number of nitrogens with zero attached hydrogens (tertiary/aromatic N) is 4. The van der Waals surface area contributed by atoms with Gasteiger partial charge in [-0.1, -0.05) is 23.7 Å². The van der Waals surface area contributed by atoms with Gasteiger partial charge < -0.3 is 10.6 Å². The molecule has 0 aliphatic heterocycles. The molecule has 0 atom stereocenters. The summed E-state index contributed by atoms with van der Waals surface area (Å²) in [6.45, 7) is 2.52. The summed E-state index contributed by atoms with van der Waals surface area (Å²) in [5.41, 5.74) is 2.68. The van der Waals surface area contributed by atoms with Crippen molar-refractivity contribution in [1.29, 1.82) is 0 Å². The van der Waals surface area contributed by atoms with Crippen LogP contribution in [0.2, 0.25) is 5.02 Å². The largest absolute Gasteiger partial charge is 0.350 e. The molecule has 0 fully saturated rings. The van der Waals surface area contributed by atoms with Crippen LogP contribution in [-0.4, -0.2) is 30.4 Å². The van der Waals surface area contributed by atoms with Gasteiger partial charge in [-0.2, -0.15) is 20.2 Å². The number of anilines is 3. The highest BCUT2D eigenvalue weighted by Gasteiger charge is 2.11. The molecule has 0 aliphatic carbocycles. The van der Waals surface area contributed by atoms with E-state index in [-0.39, 0.29) is 0 Å². The normalized spacial score (nSPS) is 11.0. The van der Waals surface area contributed by atoms with Gasteiger partial charge in [0.25, 0.3) is 0 Å². The summed E-state index contributed by atoms with van der Waals surface area (Å²) in [4.78, 5) is 8.98. The molecule has 1 aromatic carbocycles. The molecule has 0 spiro atoms. The standard InChI is InChI=1S/C16H15ClN8/c1-9-6-13(24-23-9)20-14-12-8-19-25-15(12)22-16(21-14)18-7-10-2-4-11(17)5-3-10/h2-6,8H,7H2,1H3,(H4,18,19,20,21,22,23,24,25). The van der Waals surface area contributed by atoms with Crippen LogP contribution in [0.25, 0.3) is 11.0 Å². The quantitative estimate of drug-likeness (QED) is 0.437. The maximum absolute atomic E-state index is 5.91. The van der Waals surface area contributed by atoms with Crippen molar-refractivity contribution in [3.05, 3.63) is 52.8 Å². The Bertz CT molecular complexity index is 1000. The van der Waals surface area contributed by atoms with Crippen molar-refractivity contribution in [3.63, 3.8) is 0 Å². The third-order valence-electron chi connectivity index (χ3n) is 3.63. The summed E-state index contributed by atoms with van der Waals surface area (Å²) in [6.07, 6.45) is 1.68. The van der Waals surface area contributed by atoms with Gasteiger partial charge >= 0.3 is 0 Å². The number of aromatic amines is 2. The fourth-order valence-corrected chi connectivity index (χ4v) is 2.52. The molecule has 0 saturated heterocycles. The fourth-order valence-electron chi connectivity index (χ4n) is 2.40. The second-order valence-corrected chi connectivity index (χ2v) is 6.01. The van der Waals surface area contributed by atoms with Crippen LogP contribution < -0.4 is 10.6 Å². The first-order valence-electron chi connectivity index (χ1n) is 7.66. The van der Waals surface area contributed by atoms with E-state index in [9.17, 15) is 0 Å². The molecule has 4 aromatic rings. The Hall–Kier alpha value is -3.13. The highest BCUT2D eigenvalue weighted by atomic mass is 35.5. The van der Waals surface area contributed by atoms with Crippen molar-refractivity contribution in [3.8, 4) is 0 Å². The summed E-state index contributed by atoms with van der Waals surface area (Å²) >= 11 is 5.91. The van der Waals surface area contributed by atoms with Gasteiger partial charge in [0.2, 0.25) is 5.95 Å². The van der Waals surface area contributed by atoms with E-state index in [1.807, 2.05) is 37.3 Å². The van der Waals surface area contributed by atoms with Crippen molar-refractivity contribution in [1.82, 2.24) is 30.4 Å². The van der Waals surface area contributed by atoms with Crippen molar-refractivity contribution in [2.45, 2.75) is 13.5 Å². The molecule has 126 valence electrons. The molecular formula is C16H15ClN8. The van der Waals surface area contributed by atoms with Crippen LogP contribution in [0.15, 0.2) is 36.5 Å². The van der Waals surface area contributed by atoms with Crippen molar-refractivity contribution >= 4 is 40.2 Å². The monoisotopic (exact) mass is 354 g/mol. The van der Waals surface area contributed by atoms with Gasteiger partial charge in [-0.3, -0.25) is 10.2 Å². The number of rotatable bonds is 5. The Labute approximate surface area is 148 Å². The van der Waals surface area contributed by atoms with Gasteiger partial charge in [-0.25, -0.2) is 0 Å². The smallest absolute Gasteiger partial charge is 0.226 e. The number of fused-ring (bicyclic) bond motifs is 1. The van der Waals surface area contributed by atoms with E-state index < -0.39 is 0 Å². The summed E-state index contributed by atoms with van der Waals surface area (Å²) in [7, 11) is 0. The van der Waals surface area contributed by atoms with Gasteiger partial charge in [0, 0.05) is 23.3 Å². The lowest BCUT2D eigenvalue weighted by molar-refractivity contribution is 1.04. The zero-order valence-corrected chi connectivity index (χ0v) is 14.1. The van der Waals surface area contributed by atoms with E-state index in [0.29, 0.717) is 34.8 Å². The summed E-state index contributed by atoms with van der Waals surface area (Å²) in [6, 6.07) is 9.51. The van der Waals surface area contributed by atoms with Crippen LogP contribution in [-0.2, 0) is 6.54 Å². The molecule has 0 unspecified atom stereocenters. The van der Waals surface area contributed by atoms with E-state index >= 15 is 0 Å². The number of hydrogen-bond donors (Lipinski definition) is 4. The maximum atomic E-state index is 5.91. The van der Waals surface area contributed by atoms with E-state index in [1.165, 1.54) is 0 Å². The minimum absolute atomic E-state index is 0.487. The van der Waals surface area contributed by atoms with E-state index in [1.54, 1.807) is 6.20 Å². The summed E-state index contributed by atoms with van der Waals surface area (Å²) < 4.78 is 0. The summed E-state index contributed by atoms with van der Waals surface area (Å²) in [5.74, 6) is 1.80. The number of aromatic nitrogens is 6. The van der Waals surface area contributed by atoms with Gasteiger partial charge in [-0.15, -0.1) is 0 Å². The van der Waals surface area contributed by atoms with Crippen LogP contribution in [0.4, 0.5) is 17.6 Å². The maximum Gasteiger partial charge on any atom is 0.226 e. The van der Waals surface area contributed by atoms with Gasteiger partial charge in [-0.05, 0) is 24.6 Å². The highest BCUT2D eigenvalue weighted by Crippen LogP contribution is 2.23. The molecule has 25 heavy (non-hydrogen) atoms. The third kappa shape index (κ3) is 3.38. The highest BCUT2D eigenvalue weighted by molar-refractivity contribution is 6.30. The summed E-state index contributed by atoms with van der Waals surface area (Å²) in [5, 5.41) is 21.9. The molecule has 0 saturated carbocycles. The van der Waals surface area contributed by atoms with Crippen LogP contribution in [0, 0.1) is 6.92 Å². The Morgan fingerprint density at radius 2 is 1.96 bits per heavy atom. The van der Waals surface area contributed by atoms with Gasteiger partial charge in [0.05, 0.1) is 11.6 Å². The lowest BCUT2D eigenvalue weighted by atomic mass is 10.2. The van der Waals surface area contributed by atoms with E-state index in [2.05, 4.69) is 41.0 Å². The molecule has 8 nitrogen and oxygen atoms in total. The molecular weight excluding hydrogens is 340 g/mol. The number of halogens is 1.